The topological polar surface area (TPSA) is 17.8 Å². The molecule has 1 aromatic rings. The minimum Gasteiger partial charge on any atom is -0.271 e. The Morgan fingerprint density at radius 3 is 2.80 bits per heavy atom. The number of rotatable bonds is 2. The highest BCUT2D eigenvalue weighted by atomic mass is 127. The number of nitrogens with zero attached hydrogens (tertiary/aromatic N) is 2. The second-order valence-electron chi connectivity index (χ2n) is 2.37. The second-order valence-corrected chi connectivity index (χ2v) is 3.39. The average Bonchev–Trinajstić information content (AvgIpc) is 2.14. The van der Waals surface area contributed by atoms with Crippen LogP contribution in [0.1, 0.15) is 18.9 Å². The van der Waals surface area contributed by atoms with Crippen molar-refractivity contribution in [1.82, 2.24) is 9.78 Å². The molecule has 0 radical (unpaired) electrons. The van der Waals surface area contributed by atoms with Crippen molar-refractivity contribution in [2.45, 2.75) is 26.8 Å². The highest BCUT2D eigenvalue weighted by Crippen LogP contribution is 2.07. The molecule has 0 unspecified atom stereocenters. The average molecular weight is 250 g/mol. The first-order valence-electron chi connectivity index (χ1n) is 3.43. The van der Waals surface area contributed by atoms with Gasteiger partial charge in [-0.15, -0.1) is 0 Å². The van der Waals surface area contributed by atoms with Crippen LogP contribution in [0.5, 0.6) is 0 Å². The third-order valence-corrected chi connectivity index (χ3v) is 2.40. The Balaban J connectivity index is 2.77. The van der Waals surface area contributed by atoms with Crippen molar-refractivity contribution in [3.63, 3.8) is 0 Å². The van der Waals surface area contributed by atoms with Crippen LogP contribution < -0.4 is 0 Å². The molecule has 1 rings (SSSR count). The molecule has 0 aliphatic heterocycles. The van der Waals surface area contributed by atoms with Gasteiger partial charge in [0.2, 0.25) is 0 Å². The predicted octanol–water partition coefficient (Wildman–Crippen LogP) is 2.21. The van der Waals surface area contributed by atoms with Gasteiger partial charge in [-0.3, -0.25) is 4.68 Å². The first-order valence-corrected chi connectivity index (χ1v) is 4.51. The van der Waals surface area contributed by atoms with Gasteiger partial charge in [-0.05, 0) is 35.9 Å². The quantitative estimate of drug-likeness (QED) is 0.736. The van der Waals surface area contributed by atoms with E-state index < -0.39 is 0 Å². The Kier molecular flexibility index (Phi) is 2.71. The molecule has 0 aromatic carbocycles. The SMILES string of the molecule is CCCn1cc(C)c(I)n1. The van der Waals surface area contributed by atoms with Crippen LogP contribution >= 0.6 is 22.6 Å². The lowest BCUT2D eigenvalue weighted by atomic mass is 10.4. The summed E-state index contributed by atoms with van der Waals surface area (Å²) in [6, 6.07) is 0. The third-order valence-electron chi connectivity index (χ3n) is 1.34. The number of halogens is 1. The van der Waals surface area contributed by atoms with Crippen LogP contribution in [0, 0.1) is 10.6 Å². The van der Waals surface area contributed by atoms with Crippen LogP contribution in [-0.2, 0) is 6.54 Å². The maximum absolute atomic E-state index is 4.30. The molecule has 0 bridgehead atoms. The Bertz CT molecular complexity index is 198. The lowest BCUT2D eigenvalue weighted by molar-refractivity contribution is 0.599. The largest absolute Gasteiger partial charge is 0.271 e. The minimum absolute atomic E-state index is 1.03. The fourth-order valence-corrected chi connectivity index (χ4v) is 1.26. The monoisotopic (exact) mass is 250 g/mol. The molecule has 3 heteroatoms. The van der Waals surface area contributed by atoms with Gasteiger partial charge in [0.15, 0.2) is 0 Å². The number of hydrogen-bond donors (Lipinski definition) is 0. The molecule has 0 aliphatic rings. The zero-order valence-corrected chi connectivity index (χ0v) is 8.42. The molecule has 0 amide bonds. The summed E-state index contributed by atoms with van der Waals surface area (Å²) in [5.74, 6) is 0. The van der Waals surface area contributed by atoms with E-state index in [1.807, 2.05) is 4.68 Å². The molecular weight excluding hydrogens is 239 g/mol. The van der Waals surface area contributed by atoms with E-state index in [4.69, 9.17) is 0 Å². The zero-order chi connectivity index (χ0) is 7.56. The summed E-state index contributed by atoms with van der Waals surface area (Å²) in [5, 5.41) is 4.30. The van der Waals surface area contributed by atoms with Crippen LogP contribution in [0.2, 0.25) is 0 Å². The molecule has 1 heterocycles. The van der Waals surface area contributed by atoms with Gasteiger partial charge in [-0.2, -0.15) is 5.10 Å². The van der Waals surface area contributed by atoms with Gasteiger partial charge in [-0.1, -0.05) is 6.92 Å². The van der Waals surface area contributed by atoms with E-state index in [2.05, 4.69) is 47.7 Å². The summed E-state index contributed by atoms with van der Waals surface area (Å²) in [7, 11) is 0. The molecule has 0 atom stereocenters. The van der Waals surface area contributed by atoms with Gasteiger partial charge in [-0.25, -0.2) is 0 Å². The maximum Gasteiger partial charge on any atom is 0.126 e. The van der Waals surface area contributed by atoms with Gasteiger partial charge in [0.1, 0.15) is 3.70 Å². The zero-order valence-electron chi connectivity index (χ0n) is 6.26. The van der Waals surface area contributed by atoms with E-state index in [0.717, 1.165) is 16.7 Å². The summed E-state index contributed by atoms with van der Waals surface area (Å²) < 4.78 is 3.11. The molecule has 2 nitrogen and oxygen atoms in total. The molecule has 0 saturated heterocycles. The van der Waals surface area contributed by atoms with Crippen molar-refractivity contribution in [2.24, 2.45) is 0 Å². The fraction of sp³-hybridized carbons (Fsp3) is 0.571. The molecule has 10 heavy (non-hydrogen) atoms. The summed E-state index contributed by atoms with van der Waals surface area (Å²) in [6.07, 6.45) is 3.24. The van der Waals surface area contributed by atoms with Gasteiger partial charge >= 0.3 is 0 Å². The normalized spacial score (nSPS) is 10.3. The van der Waals surface area contributed by atoms with E-state index in [1.165, 1.54) is 5.56 Å². The highest BCUT2D eigenvalue weighted by Gasteiger charge is 1.98. The highest BCUT2D eigenvalue weighted by molar-refractivity contribution is 14.1. The summed E-state index contributed by atoms with van der Waals surface area (Å²) in [5.41, 5.74) is 1.27. The number of aryl methyl sites for hydroxylation is 2. The Morgan fingerprint density at radius 2 is 2.40 bits per heavy atom. The molecular formula is C7H11IN2. The summed E-state index contributed by atoms with van der Waals surface area (Å²) in [4.78, 5) is 0. The molecule has 0 aliphatic carbocycles. The van der Waals surface area contributed by atoms with Gasteiger partial charge in [0.05, 0.1) is 0 Å². The van der Waals surface area contributed by atoms with Crippen molar-refractivity contribution in [1.29, 1.82) is 0 Å². The van der Waals surface area contributed by atoms with E-state index >= 15 is 0 Å². The Hall–Kier alpha value is -0.0600. The number of hydrogen-bond acceptors (Lipinski definition) is 1. The molecule has 0 N–H and O–H groups in total. The minimum atomic E-state index is 1.03. The Labute approximate surface area is 74.8 Å². The van der Waals surface area contributed by atoms with E-state index in [1.54, 1.807) is 0 Å². The van der Waals surface area contributed by atoms with Crippen LogP contribution in [0.15, 0.2) is 6.20 Å². The summed E-state index contributed by atoms with van der Waals surface area (Å²) in [6.45, 7) is 5.27. The predicted molar refractivity (Wildman–Crippen MR) is 50.0 cm³/mol. The Morgan fingerprint density at radius 1 is 1.70 bits per heavy atom. The molecule has 0 saturated carbocycles. The number of aromatic nitrogens is 2. The van der Waals surface area contributed by atoms with Crippen LogP contribution in [-0.4, -0.2) is 9.78 Å². The third kappa shape index (κ3) is 1.71. The van der Waals surface area contributed by atoms with E-state index in [-0.39, 0.29) is 0 Å². The molecule has 0 fully saturated rings. The van der Waals surface area contributed by atoms with Crippen molar-refractivity contribution < 1.29 is 0 Å². The van der Waals surface area contributed by atoms with E-state index in [0.29, 0.717) is 0 Å². The summed E-state index contributed by atoms with van der Waals surface area (Å²) >= 11 is 2.25. The van der Waals surface area contributed by atoms with Crippen LogP contribution in [0.3, 0.4) is 0 Å². The van der Waals surface area contributed by atoms with Crippen LogP contribution in [0.4, 0.5) is 0 Å². The standard InChI is InChI=1S/C7H11IN2/c1-3-4-10-5-6(2)7(8)9-10/h5H,3-4H2,1-2H3. The molecule has 1 aromatic heterocycles. The van der Waals surface area contributed by atoms with Crippen molar-refractivity contribution in [2.75, 3.05) is 0 Å². The van der Waals surface area contributed by atoms with Crippen molar-refractivity contribution in [3.8, 4) is 0 Å². The fourth-order valence-electron chi connectivity index (χ4n) is 0.841. The van der Waals surface area contributed by atoms with Gasteiger partial charge in [0, 0.05) is 18.3 Å². The molecule has 56 valence electrons. The second kappa shape index (κ2) is 3.37. The molecule has 0 spiro atoms. The smallest absolute Gasteiger partial charge is 0.126 e. The first kappa shape index (κ1) is 8.04. The van der Waals surface area contributed by atoms with Gasteiger partial charge < -0.3 is 0 Å². The first-order chi connectivity index (χ1) is 4.74. The van der Waals surface area contributed by atoms with E-state index in [9.17, 15) is 0 Å². The van der Waals surface area contributed by atoms with Crippen molar-refractivity contribution in [3.05, 3.63) is 15.5 Å². The lowest BCUT2D eigenvalue weighted by Gasteiger charge is -1.93. The van der Waals surface area contributed by atoms with Crippen LogP contribution in [0.25, 0.3) is 0 Å². The maximum atomic E-state index is 4.30. The van der Waals surface area contributed by atoms with Crippen molar-refractivity contribution >= 4 is 22.6 Å². The lowest BCUT2D eigenvalue weighted by Crippen LogP contribution is -1.96. The van der Waals surface area contributed by atoms with Gasteiger partial charge in [0.25, 0.3) is 0 Å².